The van der Waals surface area contributed by atoms with Crippen molar-refractivity contribution in [3.05, 3.63) is 28.9 Å². The predicted octanol–water partition coefficient (Wildman–Crippen LogP) is 3.10. The topological polar surface area (TPSA) is 115 Å². The number of aromatic nitrogens is 2. The minimum absolute atomic E-state index is 0.0616. The molecule has 0 atom stereocenters. The van der Waals surface area contributed by atoms with Crippen molar-refractivity contribution >= 4 is 45.6 Å². The van der Waals surface area contributed by atoms with Gasteiger partial charge in [-0.1, -0.05) is 13.8 Å². The van der Waals surface area contributed by atoms with Crippen LogP contribution in [0.25, 0.3) is 22.6 Å². The predicted molar refractivity (Wildman–Crippen MR) is 96.1 cm³/mol. The Morgan fingerprint density at radius 3 is 2.71 bits per heavy atom. The first kappa shape index (κ1) is 17.2. The van der Waals surface area contributed by atoms with Gasteiger partial charge in [-0.05, 0) is 40.0 Å². The fourth-order valence-corrected chi connectivity index (χ4v) is 3.84. The van der Waals surface area contributed by atoms with Gasteiger partial charge in [-0.2, -0.15) is 0 Å². The lowest BCUT2D eigenvalue weighted by molar-refractivity contribution is 0.387. The van der Waals surface area contributed by atoms with Crippen LogP contribution in [0.15, 0.2) is 33.4 Å². The molecule has 9 heteroatoms. The minimum atomic E-state index is -4.48. The first-order valence-corrected chi connectivity index (χ1v) is 9.69. The Balaban J connectivity index is 2.37. The van der Waals surface area contributed by atoms with Crippen LogP contribution < -0.4 is 11.0 Å². The molecule has 0 saturated heterocycles. The smallest absolute Gasteiger partial charge is 0.360 e. The average molecular weight is 414 g/mol. The maximum absolute atomic E-state index is 11.7. The van der Waals surface area contributed by atoms with Crippen molar-refractivity contribution in [3.63, 3.8) is 0 Å². The molecule has 1 aromatic carbocycles. The number of benzene rings is 1. The molecule has 0 unspecified atom stereocenters. The highest BCUT2D eigenvalue weighted by Gasteiger charge is 2.29. The molecular weight excluding hydrogens is 397 g/mol. The van der Waals surface area contributed by atoms with Gasteiger partial charge in [-0.25, -0.2) is 4.98 Å². The van der Waals surface area contributed by atoms with E-state index in [1.165, 1.54) is 12.3 Å². The summed E-state index contributed by atoms with van der Waals surface area (Å²) < 4.78 is 19.8. The van der Waals surface area contributed by atoms with E-state index in [1.54, 1.807) is 6.07 Å². The molecule has 24 heavy (non-hydrogen) atoms. The summed E-state index contributed by atoms with van der Waals surface area (Å²) in [4.78, 5) is 23.6. The van der Waals surface area contributed by atoms with E-state index in [0.717, 1.165) is 9.99 Å². The first-order valence-electron chi connectivity index (χ1n) is 7.28. The summed E-state index contributed by atoms with van der Waals surface area (Å²) >= 11 is 3.51. The van der Waals surface area contributed by atoms with E-state index in [9.17, 15) is 14.4 Å². The number of fused-ring (bicyclic) bond motifs is 1. The van der Waals surface area contributed by atoms with Crippen molar-refractivity contribution < 1.29 is 18.8 Å². The summed E-state index contributed by atoms with van der Waals surface area (Å²) in [7, 11) is -4.48. The second-order valence-corrected chi connectivity index (χ2v) is 8.38. The molecule has 2 aromatic heterocycles. The van der Waals surface area contributed by atoms with Gasteiger partial charge in [0.1, 0.15) is 10.8 Å². The first-order chi connectivity index (χ1) is 11.2. The summed E-state index contributed by atoms with van der Waals surface area (Å²) in [5.74, 6) is 0.690. The third-order valence-corrected chi connectivity index (χ3v) is 5.21. The number of nitrogen functional groups attached to an aromatic ring is 1. The van der Waals surface area contributed by atoms with E-state index in [-0.39, 0.29) is 17.0 Å². The van der Waals surface area contributed by atoms with E-state index in [0.29, 0.717) is 23.6 Å². The number of hydrogen-bond acceptors (Lipinski definition) is 4. The van der Waals surface area contributed by atoms with Gasteiger partial charge in [-0.3, -0.25) is 4.57 Å². The van der Waals surface area contributed by atoms with Gasteiger partial charge in [0, 0.05) is 11.0 Å². The highest BCUT2D eigenvalue weighted by atomic mass is 79.9. The number of imidazole rings is 1. The fourth-order valence-electron chi connectivity index (χ4n) is 2.63. The lowest BCUT2D eigenvalue weighted by atomic mass is 10.2. The van der Waals surface area contributed by atoms with E-state index in [2.05, 4.69) is 20.9 Å². The van der Waals surface area contributed by atoms with Crippen molar-refractivity contribution in [2.75, 3.05) is 5.73 Å². The average Bonchev–Trinajstić information content (AvgIpc) is 3.07. The largest absolute Gasteiger partial charge is 0.460 e. The van der Waals surface area contributed by atoms with Crippen LogP contribution in [-0.4, -0.2) is 19.3 Å². The summed E-state index contributed by atoms with van der Waals surface area (Å²) in [6, 6.07) is 4.83. The Morgan fingerprint density at radius 2 is 2.08 bits per heavy atom. The molecule has 7 nitrogen and oxygen atoms in total. The zero-order valence-corrected chi connectivity index (χ0v) is 15.6. The second kappa shape index (κ2) is 6.04. The van der Waals surface area contributed by atoms with Gasteiger partial charge in [0.25, 0.3) is 0 Å². The van der Waals surface area contributed by atoms with E-state index in [4.69, 9.17) is 10.2 Å². The summed E-state index contributed by atoms with van der Waals surface area (Å²) in [6.07, 6.45) is 1.25. The SMILES string of the molecule is CC(C)Cn1c(-c2occc2P(=O)(O)O)nc2c(N)ccc(Br)c21. The van der Waals surface area contributed by atoms with Gasteiger partial charge in [0.2, 0.25) is 0 Å². The van der Waals surface area contributed by atoms with Crippen molar-refractivity contribution in [2.24, 2.45) is 5.92 Å². The molecule has 0 aliphatic carbocycles. The molecule has 3 rings (SSSR count). The summed E-state index contributed by atoms with van der Waals surface area (Å²) in [6.45, 7) is 4.68. The Bertz CT molecular complexity index is 957. The van der Waals surface area contributed by atoms with Gasteiger partial charge >= 0.3 is 7.60 Å². The Hall–Kier alpha value is -1.60. The van der Waals surface area contributed by atoms with Crippen LogP contribution in [0.2, 0.25) is 0 Å². The van der Waals surface area contributed by atoms with Crippen LogP contribution in [0.3, 0.4) is 0 Å². The summed E-state index contributed by atoms with van der Waals surface area (Å²) in [5, 5.41) is -0.183. The van der Waals surface area contributed by atoms with E-state index < -0.39 is 7.60 Å². The molecule has 2 heterocycles. The summed E-state index contributed by atoms with van der Waals surface area (Å²) in [5.41, 5.74) is 7.85. The standard InChI is InChI=1S/C15H17BrN3O4P/c1-8(2)7-19-13-9(16)3-4-10(17)12(13)18-15(19)14-11(5-6-23-14)24(20,21)22/h3-6,8H,7,17H2,1-2H3,(H2,20,21,22). The number of hydrogen-bond donors (Lipinski definition) is 3. The van der Waals surface area contributed by atoms with Crippen molar-refractivity contribution in [3.8, 4) is 11.6 Å². The van der Waals surface area contributed by atoms with Crippen molar-refractivity contribution in [1.82, 2.24) is 9.55 Å². The molecule has 0 amide bonds. The lowest BCUT2D eigenvalue weighted by Crippen LogP contribution is -2.11. The van der Waals surface area contributed by atoms with Gasteiger partial charge in [-0.15, -0.1) is 0 Å². The molecule has 0 aliphatic heterocycles. The number of halogens is 1. The molecule has 3 aromatic rings. The van der Waals surface area contributed by atoms with Crippen LogP contribution in [-0.2, 0) is 11.1 Å². The molecule has 0 saturated carbocycles. The molecule has 128 valence electrons. The lowest BCUT2D eigenvalue weighted by Gasteiger charge is -2.12. The maximum atomic E-state index is 11.7. The third-order valence-electron chi connectivity index (χ3n) is 3.59. The van der Waals surface area contributed by atoms with Crippen LogP contribution in [0.5, 0.6) is 0 Å². The fraction of sp³-hybridized carbons (Fsp3) is 0.267. The van der Waals surface area contributed by atoms with Gasteiger partial charge in [0.05, 0.1) is 17.5 Å². The van der Waals surface area contributed by atoms with Crippen molar-refractivity contribution in [1.29, 1.82) is 0 Å². The van der Waals surface area contributed by atoms with Crippen LogP contribution in [0, 0.1) is 5.92 Å². The molecular formula is C15H17BrN3O4P. The third kappa shape index (κ3) is 2.91. The second-order valence-electron chi connectivity index (χ2n) is 5.95. The molecule has 0 spiro atoms. The number of nitrogens with two attached hydrogens (primary N) is 1. The molecule has 0 aliphatic rings. The van der Waals surface area contributed by atoms with E-state index >= 15 is 0 Å². The van der Waals surface area contributed by atoms with Crippen LogP contribution >= 0.6 is 23.5 Å². The monoisotopic (exact) mass is 413 g/mol. The molecule has 0 radical (unpaired) electrons. The Kier molecular flexibility index (Phi) is 4.34. The van der Waals surface area contributed by atoms with Gasteiger partial charge in [0.15, 0.2) is 11.6 Å². The van der Waals surface area contributed by atoms with Crippen LogP contribution in [0.4, 0.5) is 5.69 Å². The Labute approximate surface area is 146 Å². The zero-order valence-electron chi connectivity index (χ0n) is 13.1. The number of furan rings is 1. The minimum Gasteiger partial charge on any atom is -0.460 e. The highest BCUT2D eigenvalue weighted by molar-refractivity contribution is 9.10. The Morgan fingerprint density at radius 1 is 1.38 bits per heavy atom. The van der Waals surface area contributed by atoms with Crippen LogP contribution in [0.1, 0.15) is 13.8 Å². The highest BCUT2D eigenvalue weighted by Crippen LogP contribution is 2.40. The van der Waals surface area contributed by atoms with E-state index in [1.807, 2.05) is 24.5 Å². The number of rotatable bonds is 4. The molecule has 0 bridgehead atoms. The molecule has 0 fully saturated rings. The number of anilines is 1. The van der Waals surface area contributed by atoms with Crippen molar-refractivity contribution in [2.45, 2.75) is 20.4 Å². The van der Waals surface area contributed by atoms with Gasteiger partial charge < -0.3 is 24.5 Å². The number of nitrogens with zero attached hydrogens (tertiary/aromatic N) is 2. The molecule has 4 N–H and O–H groups in total. The maximum Gasteiger partial charge on any atom is 0.360 e. The quantitative estimate of drug-likeness (QED) is 0.447. The normalized spacial score (nSPS) is 12.4. The zero-order chi connectivity index (χ0) is 17.6.